The Morgan fingerprint density at radius 1 is 1.44 bits per heavy atom. The molecule has 1 aromatic heterocycles. The maximum Gasteiger partial charge on any atom is 0.185 e. The Kier molecular flexibility index (Phi) is 4.62. The number of aliphatic hydroxyl groups excluding tert-OH is 1. The molecule has 4 heteroatoms. The Balaban J connectivity index is 2.16. The zero-order valence-electron chi connectivity index (χ0n) is 11.6. The van der Waals surface area contributed by atoms with E-state index in [0.717, 1.165) is 41.1 Å². The van der Waals surface area contributed by atoms with E-state index in [1.807, 2.05) is 0 Å². The summed E-state index contributed by atoms with van der Waals surface area (Å²) in [6, 6.07) is 0. The lowest BCUT2D eigenvalue weighted by atomic mass is 10.00. The van der Waals surface area contributed by atoms with Crippen molar-refractivity contribution < 1.29 is 5.11 Å². The van der Waals surface area contributed by atoms with Crippen LogP contribution >= 0.6 is 11.3 Å². The largest absolute Gasteiger partial charge is 0.391 e. The topological polar surface area (TPSA) is 36.4 Å². The molecular weight excluding hydrogens is 244 g/mol. The average Bonchev–Trinajstić information content (AvgIpc) is 2.82. The van der Waals surface area contributed by atoms with Crippen LogP contribution in [-0.4, -0.2) is 23.2 Å². The lowest BCUT2D eigenvalue weighted by Gasteiger charge is -2.29. The third-order valence-corrected chi connectivity index (χ3v) is 5.11. The molecule has 18 heavy (non-hydrogen) atoms. The van der Waals surface area contributed by atoms with Gasteiger partial charge in [-0.2, -0.15) is 0 Å². The zero-order chi connectivity index (χ0) is 13.1. The van der Waals surface area contributed by atoms with Gasteiger partial charge in [0.1, 0.15) is 0 Å². The lowest BCUT2D eigenvalue weighted by Crippen LogP contribution is -2.32. The molecule has 0 saturated carbocycles. The summed E-state index contributed by atoms with van der Waals surface area (Å²) in [6.07, 6.45) is 3.59. The van der Waals surface area contributed by atoms with E-state index in [2.05, 4.69) is 25.7 Å². The van der Waals surface area contributed by atoms with Crippen LogP contribution in [0.5, 0.6) is 0 Å². The van der Waals surface area contributed by atoms with Crippen molar-refractivity contribution in [1.29, 1.82) is 0 Å². The zero-order valence-corrected chi connectivity index (χ0v) is 12.5. The Bertz CT molecular complexity index is 383. The van der Waals surface area contributed by atoms with Gasteiger partial charge in [-0.1, -0.05) is 32.1 Å². The minimum absolute atomic E-state index is 0.127. The molecule has 0 aliphatic carbocycles. The minimum Gasteiger partial charge on any atom is -0.391 e. The monoisotopic (exact) mass is 268 g/mol. The second-order valence-corrected chi connectivity index (χ2v) is 6.50. The molecule has 2 rings (SSSR count). The molecule has 0 spiro atoms. The van der Waals surface area contributed by atoms with Gasteiger partial charge in [0, 0.05) is 13.1 Å². The molecule has 0 amide bonds. The van der Waals surface area contributed by atoms with Crippen LogP contribution in [-0.2, 0) is 6.61 Å². The van der Waals surface area contributed by atoms with Gasteiger partial charge in [0.2, 0.25) is 0 Å². The van der Waals surface area contributed by atoms with Crippen LogP contribution in [0.25, 0.3) is 0 Å². The predicted octanol–water partition coefficient (Wildman–Crippen LogP) is 3.39. The van der Waals surface area contributed by atoms with E-state index < -0.39 is 0 Å². The summed E-state index contributed by atoms with van der Waals surface area (Å²) in [5.41, 5.74) is 1.11. The van der Waals surface area contributed by atoms with Gasteiger partial charge in [0.25, 0.3) is 0 Å². The van der Waals surface area contributed by atoms with E-state index in [0.29, 0.717) is 5.92 Å². The molecule has 0 bridgehead atoms. The van der Waals surface area contributed by atoms with E-state index in [1.165, 1.54) is 12.8 Å². The molecule has 1 unspecified atom stereocenters. The number of anilines is 1. The van der Waals surface area contributed by atoms with Gasteiger partial charge in [-0.15, -0.1) is 0 Å². The second-order valence-electron chi connectivity index (χ2n) is 5.44. The van der Waals surface area contributed by atoms with E-state index in [1.54, 1.807) is 11.3 Å². The Morgan fingerprint density at radius 2 is 2.11 bits per heavy atom. The first-order valence-electron chi connectivity index (χ1n) is 7.01. The first kappa shape index (κ1) is 13.8. The van der Waals surface area contributed by atoms with Crippen LogP contribution in [0.3, 0.4) is 0 Å². The fraction of sp³-hybridized carbons (Fsp3) is 0.786. The maximum absolute atomic E-state index is 9.47. The van der Waals surface area contributed by atoms with Gasteiger partial charge in [0.05, 0.1) is 17.2 Å². The SMILES string of the molecule is CCC(C)c1nc(N2CCC(C)CC2)sc1CO. The van der Waals surface area contributed by atoms with E-state index >= 15 is 0 Å². The molecule has 1 aromatic rings. The highest BCUT2D eigenvalue weighted by Gasteiger charge is 2.22. The minimum atomic E-state index is 0.127. The highest BCUT2D eigenvalue weighted by Crippen LogP contribution is 2.33. The molecule has 3 nitrogen and oxygen atoms in total. The van der Waals surface area contributed by atoms with Crippen molar-refractivity contribution in [3.05, 3.63) is 10.6 Å². The van der Waals surface area contributed by atoms with Crippen LogP contribution in [0.2, 0.25) is 0 Å². The van der Waals surface area contributed by atoms with Crippen molar-refractivity contribution in [2.75, 3.05) is 18.0 Å². The summed E-state index contributed by atoms with van der Waals surface area (Å²) in [5, 5.41) is 10.6. The van der Waals surface area contributed by atoms with Gasteiger partial charge in [-0.25, -0.2) is 4.98 Å². The van der Waals surface area contributed by atoms with Crippen molar-refractivity contribution in [3.63, 3.8) is 0 Å². The predicted molar refractivity (Wildman–Crippen MR) is 77.4 cm³/mol. The number of aliphatic hydroxyl groups is 1. The van der Waals surface area contributed by atoms with Gasteiger partial charge in [-0.05, 0) is 31.1 Å². The van der Waals surface area contributed by atoms with Crippen LogP contribution < -0.4 is 4.90 Å². The van der Waals surface area contributed by atoms with Gasteiger partial charge >= 0.3 is 0 Å². The summed E-state index contributed by atoms with van der Waals surface area (Å²) in [6.45, 7) is 9.03. The molecule has 1 aliphatic rings. The van der Waals surface area contributed by atoms with E-state index in [9.17, 15) is 5.11 Å². The number of nitrogens with zero attached hydrogens (tertiary/aromatic N) is 2. The van der Waals surface area contributed by atoms with Crippen LogP contribution in [0.1, 0.15) is 56.5 Å². The number of rotatable bonds is 4. The summed E-state index contributed by atoms with van der Waals surface area (Å²) >= 11 is 1.68. The first-order valence-corrected chi connectivity index (χ1v) is 7.82. The molecule has 1 atom stereocenters. The number of hydrogen-bond donors (Lipinski definition) is 1. The summed E-state index contributed by atoms with van der Waals surface area (Å²) in [5.74, 6) is 1.29. The Hall–Kier alpha value is -0.610. The molecular formula is C14H24N2OS. The Labute approximate surface area is 114 Å². The van der Waals surface area contributed by atoms with Crippen LogP contribution in [0.4, 0.5) is 5.13 Å². The standard InChI is InChI=1S/C14H24N2OS/c1-4-11(3)13-12(9-17)18-14(15-13)16-7-5-10(2)6-8-16/h10-11,17H,4-9H2,1-3H3. The van der Waals surface area contributed by atoms with Crippen LogP contribution in [0, 0.1) is 5.92 Å². The highest BCUT2D eigenvalue weighted by atomic mass is 32.1. The highest BCUT2D eigenvalue weighted by molar-refractivity contribution is 7.15. The Morgan fingerprint density at radius 3 is 2.67 bits per heavy atom. The smallest absolute Gasteiger partial charge is 0.185 e. The molecule has 1 saturated heterocycles. The molecule has 0 aromatic carbocycles. The first-order chi connectivity index (χ1) is 8.65. The van der Waals surface area contributed by atoms with Crippen molar-refractivity contribution >= 4 is 16.5 Å². The quantitative estimate of drug-likeness (QED) is 0.909. The number of piperidine rings is 1. The second kappa shape index (κ2) is 6.02. The van der Waals surface area contributed by atoms with Crippen molar-refractivity contribution in [2.45, 2.75) is 52.6 Å². The molecule has 102 valence electrons. The average molecular weight is 268 g/mol. The third-order valence-electron chi connectivity index (χ3n) is 3.99. The third kappa shape index (κ3) is 2.86. The van der Waals surface area contributed by atoms with Crippen molar-refractivity contribution in [2.24, 2.45) is 5.92 Å². The normalized spacial score (nSPS) is 19.2. The van der Waals surface area contributed by atoms with Gasteiger partial charge in [0.15, 0.2) is 5.13 Å². The summed E-state index contributed by atoms with van der Waals surface area (Å²) < 4.78 is 0. The number of hydrogen-bond acceptors (Lipinski definition) is 4. The summed E-state index contributed by atoms with van der Waals surface area (Å²) in [4.78, 5) is 8.22. The van der Waals surface area contributed by atoms with Gasteiger partial charge in [-0.3, -0.25) is 0 Å². The van der Waals surface area contributed by atoms with Crippen molar-refractivity contribution in [3.8, 4) is 0 Å². The molecule has 1 fully saturated rings. The van der Waals surface area contributed by atoms with Crippen molar-refractivity contribution in [1.82, 2.24) is 4.98 Å². The van der Waals surface area contributed by atoms with Gasteiger partial charge < -0.3 is 10.0 Å². The number of thiazole rings is 1. The number of aromatic nitrogens is 1. The van der Waals surface area contributed by atoms with Crippen LogP contribution in [0.15, 0.2) is 0 Å². The molecule has 1 aliphatic heterocycles. The molecule has 1 N–H and O–H groups in total. The molecule has 0 radical (unpaired) electrons. The fourth-order valence-corrected chi connectivity index (χ4v) is 3.47. The maximum atomic E-state index is 9.47. The summed E-state index contributed by atoms with van der Waals surface area (Å²) in [7, 11) is 0. The lowest BCUT2D eigenvalue weighted by molar-refractivity contribution is 0.283. The van der Waals surface area contributed by atoms with E-state index in [4.69, 9.17) is 4.98 Å². The fourth-order valence-electron chi connectivity index (χ4n) is 2.38. The molecule has 2 heterocycles. The van der Waals surface area contributed by atoms with E-state index in [-0.39, 0.29) is 6.61 Å².